The van der Waals surface area contributed by atoms with E-state index >= 15 is 0 Å². The third-order valence-electron chi connectivity index (χ3n) is 4.36. The molecule has 0 radical (unpaired) electrons. The molecule has 34 heavy (non-hydrogen) atoms. The van der Waals surface area contributed by atoms with Crippen molar-refractivity contribution >= 4 is 28.9 Å². The lowest BCUT2D eigenvalue weighted by Gasteiger charge is -2.14. The first-order valence-electron chi connectivity index (χ1n) is 10.4. The van der Waals surface area contributed by atoms with E-state index in [1.807, 2.05) is 67.6 Å². The van der Waals surface area contributed by atoms with E-state index in [1.165, 1.54) is 0 Å². The van der Waals surface area contributed by atoms with Crippen molar-refractivity contribution in [3.8, 4) is 17.2 Å². The number of carbonyl (C=O) groups is 1. The maximum atomic E-state index is 11.8. The molecule has 8 nitrogen and oxygen atoms in total. The molecule has 0 unspecified atom stereocenters. The minimum Gasteiger partial charge on any atom is -0.487 e. The van der Waals surface area contributed by atoms with Gasteiger partial charge in [0.15, 0.2) is 0 Å². The molecule has 0 aromatic heterocycles. The Balaban J connectivity index is 0.00000129. The van der Waals surface area contributed by atoms with Crippen molar-refractivity contribution in [2.45, 2.75) is 27.4 Å². The van der Waals surface area contributed by atoms with Crippen LogP contribution >= 0.6 is 0 Å². The van der Waals surface area contributed by atoms with E-state index in [0.717, 1.165) is 16.9 Å². The van der Waals surface area contributed by atoms with Crippen LogP contribution in [-0.2, 0) is 27.7 Å². The van der Waals surface area contributed by atoms with Crippen molar-refractivity contribution < 1.29 is 27.4 Å². The van der Waals surface area contributed by atoms with Crippen molar-refractivity contribution in [3.05, 3.63) is 83.9 Å². The van der Waals surface area contributed by atoms with Gasteiger partial charge < -0.3 is 14.2 Å². The second-order valence-electron chi connectivity index (χ2n) is 6.94. The second-order valence-corrected chi connectivity index (χ2v) is 7.08. The van der Waals surface area contributed by atoms with Gasteiger partial charge in [0.2, 0.25) is 0 Å². The van der Waals surface area contributed by atoms with E-state index in [2.05, 4.69) is 10.5 Å². The Morgan fingerprint density at radius 1 is 0.971 bits per heavy atom. The molecular formula is C25H26N2O6S. The summed E-state index contributed by atoms with van der Waals surface area (Å²) in [6.07, 6.45) is 0. The molecule has 0 aliphatic carbocycles. The van der Waals surface area contributed by atoms with Crippen LogP contribution in [-0.4, -0.2) is 26.7 Å². The Hall–Kier alpha value is -3.98. The van der Waals surface area contributed by atoms with Crippen molar-refractivity contribution in [1.29, 1.82) is 0 Å². The number of nitrogens with zero attached hydrogens (tertiary/aromatic N) is 1. The average molecular weight is 483 g/mol. The first kappa shape index (κ1) is 26.3. The van der Waals surface area contributed by atoms with Gasteiger partial charge >= 0.3 is 17.5 Å². The van der Waals surface area contributed by atoms with Crippen LogP contribution in [0.25, 0.3) is 0 Å². The summed E-state index contributed by atoms with van der Waals surface area (Å²) in [4.78, 5) is 11.8. The van der Waals surface area contributed by atoms with E-state index in [9.17, 15) is 4.79 Å². The first-order valence-corrected chi connectivity index (χ1v) is 11.1. The van der Waals surface area contributed by atoms with Gasteiger partial charge in [0.05, 0.1) is 12.3 Å². The van der Waals surface area contributed by atoms with Crippen LogP contribution in [0.4, 0.5) is 5.69 Å². The summed E-state index contributed by atoms with van der Waals surface area (Å²) in [6, 6.07) is 23.1. The van der Waals surface area contributed by atoms with Crippen LogP contribution in [0.5, 0.6) is 17.2 Å². The number of carbonyl (C=O) groups excluding carboxylic acids is 1. The highest BCUT2D eigenvalue weighted by Gasteiger charge is 2.10. The van der Waals surface area contributed by atoms with Crippen molar-refractivity contribution in [2.24, 2.45) is 5.10 Å². The van der Waals surface area contributed by atoms with Gasteiger partial charge in [-0.15, -0.1) is 0 Å². The van der Waals surface area contributed by atoms with Gasteiger partial charge in [0.25, 0.3) is 0 Å². The molecule has 3 aromatic rings. The van der Waals surface area contributed by atoms with Crippen LogP contribution in [0.2, 0.25) is 0 Å². The summed E-state index contributed by atoms with van der Waals surface area (Å²) in [7, 11) is 0. The number of hydrogen-bond acceptors (Lipinski definition) is 8. The maximum absolute atomic E-state index is 11.8. The van der Waals surface area contributed by atoms with Crippen LogP contribution < -0.4 is 14.9 Å². The molecule has 3 rings (SSSR count). The Morgan fingerprint density at radius 2 is 1.62 bits per heavy atom. The number of anilines is 1. The minimum atomic E-state index is -0.750. The van der Waals surface area contributed by atoms with Gasteiger partial charge in [0, 0.05) is 6.07 Å². The molecule has 178 valence electrons. The molecular weight excluding hydrogens is 456 g/mol. The summed E-state index contributed by atoms with van der Waals surface area (Å²) < 4.78 is 33.5. The van der Waals surface area contributed by atoms with E-state index in [1.54, 1.807) is 26.0 Å². The third kappa shape index (κ3) is 8.87. The van der Waals surface area contributed by atoms with E-state index in [-0.39, 0.29) is 5.71 Å². The predicted molar refractivity (Wildman–Crippen MR) is 131 cm³/mol. The summed E-state index contributed by atoms with van der Waals surface area (Å²) in [6.45, 7) is 6.04. The fourth-order valence-corrected chi connectivity index (χ4v) is 2.68. The van der Waals surface area contributed by atoms with Crippen LogP contribution in [0.1, 0.15) is 25.0 Å². The largest absolute Gasteiger partial charge is 0.487 e. The quantitative estimate of drug-likeness (QED) is 0.259. The Morgan fingerprint density at radius 3 is 2.26 bits per heavy atom. The van der Waals surface area contributed by atoms with Crippen LogP contribution in [0, 0.1) is 6.92 Å². The van der Waals surface area contributed by atoms with Crippen LogP contribution in [0.15, 0.2) is 77.9 Å². The highest BCUT2D eigenvalue weighted by Crippen LogP contribution is 2.32. The molecule has 0 atom stereocenters. The summed E-state index contributed by atoms with van der Waals surface area (Å²) >= 11 is -0.750. The van der Waals surface area contributed by atoms with Gasteiger partial charge in [-0.2, -0.15) is 13.5 Å². The number of rotatable bonds is 9. The van der Waals surface area contributed by atoms with E-state index < -0.39 is 17.5 Å². The molecule has 0 saturated carbocycles. The molecule has 0 bridgehead atoms. The lowest BCUT2D eigenvalue weighted by molar-refractivity contribution is -0.135. The smallest absolute Gasteiger partial charge is 0.354 e. The SMILES string of the molecule is CCOC(=O)C(C)=NNc1ccc(Oc2ccc(C)cc2)cc1OCc1ccccc1.O=S=O. The number of hydrogen-bond donors (Lipinski definition) is 1. The summed E-state index contributed by atoms with van der Waals surface area (Å²) in [5.41, 5.74) is 5.91. The molecule has 9 heteroatoms. The van der Waals surface area contributed by atoms with Crippen molar-refractivity contribution in [3.63, 3.8) is 0 Å². The zero-order valence-electron chi connectivity index (χ0n) is 19.1. The summed E-state index contributed by atoms with van der Waals surface area (Å²) in [5, 5.41) is 4.12. The van der Waals surface area contributed by atoms with Gasteiger partial charge in [-0.3, -0.25) is 5.43 Å². The zero-order valence-corrected chi connectivity index (χ0v) is 20.0. The third-order valence-corrected chi connectivity index (χ3v) is 4.36. The number of esters is 1. The second kappa shape index (κ2) is 14.2. The molecule has 0 aliphatic heterocycles. The highest BCUT2D eigenvalue weighted by molar-refractivity contribution is 7.51. The number of benzene rings is 3. The predicted octanol–water partition coefficient (Wildman–Crippen LogP) is 5.05. The number of hydrazone groups is 1. The molecule has 0 saturated heterocycles. The summed E-state index contributed by atoms with van der Waals surface area (Å²) in [5.74, 6) is 1.44. The van der Waals surface area contributed by atoms with Crippen LogP contribution in [0.3, 0.4) is 0 Å². The molecule has 0 heterocycles. The van der Waals surface area contributed by atoms with Crippen molar-refractivity contribution in [1.82, 2.24) is 0 Å². The topological polar surface area (TPSA) is 103 Å². The monoisotopic (exact) mass is 482 g/mol. The molecule has 3 aromatic carbocycles. The molecule has 0 spiro atoms. The van der Waals surface area contributed by atoms with Crippen molar-refractivity contribution in [2.75, 3.05) is 12.0 Å². The normalized spacial score (nSPS) is 10.4. The average Bonchev–Trinajstić information content (AvgIpc) is 2.84. The number of ether oxygens (including phenoxy) is 3. The Kier molecular flexibility index (Phi) is 11.0. The lowest BCUT2D eigenvalue weighted by atomic mass is 10.2. The van der Waals surface area contributed by atoms with Gasteiger partial charge in [-0.1, -0.05) is 48.0 Å². The fourth-order valence-electron chi connectivity index (χ4n) is 2.68. The first-order chi connectivity index (χ1) is 16.5. The zero-order chi connectivity index (χ0) is 24.8. The van der Waals surface area contributed by atoms with Gasteiger partial charge in [-0.25, -0.2) is 4.79 Å². The maximum Gasteiger partial charge on any atom is 0.354 e. The molecule has 0 fully saturated rings. The minimum absolute atomic E-state index is 0.218. The molecule has 0 amide bonds. The molecule has 1 N–H and O–H groups in total. The standard InChI is InChI=1S/C25H26N2O4.O2S/c1-4-29-25(28)19(3)26-27-23-15-14-22(31-21-12-10-18(2)11-13-21)16-24(23)30-17-20-8-6-5-7-9-20;1-3-2/h5-16,27H,4,17H2,1-3H3;. The highest BCUT2D eigenvalue weighted by atomic mass is 32.1. The van der Waals surface area contributed by atoms with E-state index in [0.29, 0.717) is 30.4 Å². The Bertz CT molecular complexity index is 1130. The lowest BCUT2D eigenvalue weighted by Crippen LogP contribution is -2.15. The van der Waals surface area contributed by atoms with Gasteiger partial charge in [0.1, 0.15) is 29.6 Å². The van der Waals surface area contributed by atoms with Gasteiger partial charge in [-0.05, 0) is 50.6 Å². The van der Waals surface area contributed by atoms with E-state index in [4.69, 9.17) is 22.6 Å². The molecule has 0 aliphatic rings. The number of nitrogens with one attached hydrogen (secondary N) is 1. The fraction of sp³-hybridized carbons (Fsp3) is 0.200. The Labute approximate surface area is 202 Å². The number of aryl methyl sites for hydroxylation is 1.